The van der Waals surface area contributed by atoms with Crippen LogP contribution < -0.4 is 5.32 Å². The Labute approximate surface area is 91.1 Å². The van der Waals surface area contributed by atoms with Crippen molar-refractivity contribution in [2.75, 3.05) is 26.0 Å². The molecule has 3 nitrogen and oxygen atoms in total. The van der Waals surface area contributed by atoms with Crippen LogP contribution >= 0.6 is 0 Å². The average molecular weight is 206 g/mol. The van der Waals surface area contributed by atoms with Crippen molar-refractivity contribution in [2.24, 2.45) is 0 Å². The van der Waals surface area contributed by atoms with E-state index in [4.69, 9.17) is 0 Å². The maximum absolute atomic E-state index is 11.8. The van der Waals surface area contributed by atoms with E-state index in [1.165, 1.54) is 0 Å². The number of nitrogens with zero attached hydrogens (tertiary/aromatic N) is 1. The molecule has 1 rings (SSSR count). The minimum atomic E-state index is 0.0829. The summed E-state index contributed by atoms with van der Waals surface area (Å²) in [6.45, 7) is 2.86. The Bertz CT molecular complexity index is 319. The minimum Gasteiger partial charge on any atom is -0.388 e. The van der Waals surface area contributed by atoms with E-state index in [-0.39, 0.29) is 5.91 Å². The van der Waals surface area contributed by atoms with Crippen LogP contribution in [0.15, 0.2) is 24.3 Å². The van der Waals surface area contributed by atoms with Gasteiger partial charge in [-0.15, -0.1) is 0 Å². The maximum Gasteiger partial charge on any atom is 0.253 e. The van der Waals surface area contributed by atoms with Gasteiger partial charge in [-0.1, -0.05) is 6.92 Å². The van der Waals surface area contributed by atoms with Crippen LogP contribution in [0.2, 0.25) is 0 Å². The van der Waals surface area contributed by atoms with Gasteiger partial charge in [0.25, 0.3) is 5.91 Å². The van der Waals surface area contributed by atoms with Crippen LogP contribution in [0, 0.1) is 0 Å². The van der Waals surface area contributed by atoms with Crippen LogP contribution in [0.4, 0.5) is 5.69 Å². The lowest BCUT2D eigenvalue weighted by Crippen LogP contribution is -2.27. The van der Waals surface area contributed by atoms with Crippen molar-refractivity contribution in [3.05, 3.63) is 29.8 Å². The molecule has 0 spiro atoms. The topological polar surface area (TPSA) is 32.3 Å². The number of carbonyl (C=O) groups is 1. The highest BCUT2D eigenvalue weighted by Crippen LogP contribution is 2.10. The molecule has 0 saturated carbocycles. The number of anilines is 1. The summed E-state index contributed by atoms with van der Waals surface area (Å²) in [4.78, 5) is 13.6. The number of carbonyl (C=O) groups excluding carboxylic acids is 1. The molecule has 0 aliphatic rings. The molecule has 1 amide bonds. The highest BCUT2D eigenvalue weighted by molar-refractivity contribution is 5.94. The summed E-state index contributed by atoms with van der Waals surface area (Å²) < 4.78 is 0. The Morgan fingerprint density at radius 1 is 1.33 bits per heavy atom. The standard InChI is InChI=1S/C12H18N2O/c1-4-9-14(3)12(15)10-5-7-11(13-2)8-6-10/h5-8,13H,4,9H2,1-3H3. The molecule has 0 aliphatic carbocycles. The van der Waals surface area contributed by atoms with Gasteiger partial charge < -0.3 is 10.2 Å². The van der Waals surface area contributed by atoms with E-state index in [1.54, 1.807) is 4.90 Å². The molecular formula is C12H18N2O. The summed E-state index contributed by atoms with van der Waals surface area (Å²) >= 11 is 0. The Morgan fingerprint density at radius 2 is 1.93 bits per heavy atom. The van der Waals surface area contributed by atoms with Crippen molar-refractivity contribution in [3.63, 3.8) is 0 Å². The Hall–Kier alpha value is -1.51. The quantitative estimate of drug-likeness (QED) is 0.819. The second-order valence-corrected chi connectivity index (χ2v) is 3.55. The van der Waals surface area contributed by atoms with Crippen molar-refractivity contribution in [3.8, 4) is 0 Å². The number of amides is 1. The molecule has 1 N–H and O–H groups in total. The van der Waals surface area contributed by atoms with Crippen LogP contribution in [-0.4, -0.2) is 31.4 Å². The van der Waals surface area contributed by atoms with Gasteiger partial charge in [0.2, 0.25) is 0 Å². The lowest BCUT2D eigenvalue weighted by atomic mass is 10.2. The van der Waals surface area contributed by atoms with E-state index in [0.717, 1.165) is 24.2 Å². The van der Waals surface area contributed by atoms with E-state index in [1.807, 2.05) is 38.4 Å². The molecule has 0 heterocycles. The first-order valence-electron chi connectivity index (χ1n) is 5.22. The van der Waals surface area contributed by atoms with Gasteiger partial charge >= 0.3 is 0 Å². The molecule has 0 aromatic heterocycles. The normalized spacial score (nSPS) is 9.80. The fourth-order valence-electron chi connectivity index (χ4n) is 1.44. The van der Waals surface area contributed by atoms with E-state index >= 15 is 0 Å². The van der Waals surface area contributed by atoms with Gasteiger partial charge in [-0.2, -0.15) is 0 Å². The van der Waals surface area contributed by atoms with E-state index in [0.29, 0.717) is 0 Å². The summed E-state index contributed by atoms with van der Waals surface area (Å²) in [5.74, 6) is 0.0829. The summed E-state index contributed by atoms with van der Waals surface area (Å²) in [7, 11) is 3.69. The number of hydrogen-bond donors (Lipinski definition) is 1. The number of hydrogen-bond acceptors (Lipinski definition) is 2. The maximum atomic E-state index is 11.8. The fraction of sp³-hybridized carbons (Fsp3) is 0.417. The molecule has 0 aliphatic heterocycles. The van der Waals surface area contributed by atoms with E-state index < -0.39 is 0 Å². The molecule has 0 saturated heterocycles. The summed E-state index contributed by atoms with van der Waals surface area (Å²) in [5, 5.41) is 3.02. The third kappa shape index (κ3) is 2.98. The molecule has 1 aromatic carbocycles. The van der Waals surface area contributed by atoms with Gasteiger partial charge in [-0.25, -0.2) is 0 Å². The second-order valence-electron chi connectivity index (χ2n) is 3.55. The number of nitrogens with one attached hydrogen (secondary N) is 1. The van der Waals surface area contributed by atoms with Gasteiger partial charge in [-0.05, 0) is 30.7 Å². The van der Waals surface area contributed by atoms with Gasteiger partial charge in [-0.3, -0.25) is 4.79 Å². The summed E-state index contributed by atoms with van der Waals surface area (Å²) in [6.07, 6.45) is 0.983. The van der Waals surface area contributed by atoms with Crippen LogP contribution in [0.1, 0.15) is 23.7 Å². The smallest absolute Gasteiger partial charge is 0.253 e. The third-order valence-corrected chi connectivity index (χ3v) is 2.33. The molecule has 0 fully saturated rings. The Balaban J connectivity index is 2.73. The van der Waals surface area contributed by atoms with Crippen molar-refractivity contribution in [1.82, 2.24) is 4.90 Å². The van der Waals surface area contributed by atoms with Crippen LogP contribution in [0.3, 0.4) is 0 Å². The second kappa shape index (κ2) is 5.39. The van der Waals surface area contributed by atoms with Gasteiger partial charge in [0.1, 0.15) is 0 Å². The van der Waals surface area contributed by atoms with E-state index in [9.17, 15) is 4.79 Å². The van der Waals surface area contributed by atoms with Gasteiger partial charge in [0.05, 0.1) is 0 Å². The summed E-state index contributed by atoms with van der Waals surface area (Å²) in [6, 6.07) is 7.51. The molecule has 0 bridgehead atoms. The number of benzene rings is 1. The Kier molecular flexibility index (Phi) is 4.16. The predicted octanol–water partition coefficient (Wildman–Crippen LogP) is 2.21. The molecule has 82 valence electrons. The minimum absolute atomic E-state index is 0.0829. The van der Waals surface area contributed by atoms with Crippen LogP contribution in [-0.2, 0) is 0 Å². The Morgan fingerprint density at radius 3 is 2.40 bits per heavy atom. The zero-order valence-corrected chi connectivity index (χ0v) is 9.58. The lowest BCUT2D eigenvalue weighted by molar-refractivity contribution is 0.0795. The molecular weight excluding hydrogens is 188 g/mol. The lowest BCUT2D eigenvalue weighted by Gasteiger charge is -2.16. The van der Waals surface area contributed by atoms with Crippen molar-refractivity contribution in [2.45, 2.75) is 13.3 Å². The number of rotatable bonds is 4. The van der Waals surface area contributed by atoms with Crippen molar-refractivity contribution < 1.29 is 4.79 Å². The first-order chi connectivity index (χ1) is 7.19. The van der Waals surface area contributed by atoms with Gasteiger partial charge in [0.15, 0.2) is 0 Å². The molecule has 0 radical (unpaired) electrons. The first kappa shape index (κ1) is 11.6. The molecule has 0 atom stereocenters. The van der Waals surface area contributed by atoms with E-state index in [2.05, 4.69) is 12.2 Å². The largest absolute Gasteiger partial charge is 0.388 e. The predicted molar refractivity (Wildman–Crippen MR) is 63.2 cm³/mol. The molecule has 15 heavy (non-hydrogen) atoms. The molecule has 3 heteroatoms. The SMILES string of the molecule is CCCN(C)C(=O)c1ccc(NC)cc1. The highest BCUT2D eigenvalue weighted by atomic mass is 16.2. The van der Waals surface area contributed by atoms with Crippen LogP contribution in [0.5, 0.6) is 0 Å². The monoisotopic (exact) mass is 206 g/mol. The van der Waals surface area contributed by atoms with Crippen molar-refractivity contribution >= 4 is 11.6 Å². The molecule has 1 aromatic rings. The zero-order chi connectivity index (χ0) is 11.3. The molecule has 0 unspecified atom stereocenters. The zero-order valence-electron chi connectivity index (χ0n) is 9.58. The summed E-state index contributed by atoms with van der Waals surface area (Å²) in [5.41, 5.74) is 1.76. The average Bonchev–Trinajstić information content (AvgIpc) is 2.28. The first-order valence-corrected chi connectivity index (χ1v) is 5.22. The van der Waals surface area contributed by atoms with Gasteiger partial charge in [0, 0.05) is 31.9 Å². The fourth-order valence-corrected chi connectivity index (χ4v) is 1.44. The third-order valence-electron chi connectivity index (χ3n) is 2.33. The van der Waals surface area contributed by atoms with Crippen LogP contribution in [0.25, 0.3) is 0 Å². The van der Waals surface area contributed by atoms with Crippen molar-refractivity contribution in [1.29, 1.82) is 0 Å². The highest BCUT2D eigenvalue weighted by Gasteiger charge is 2.09.